The molecule has 0 unspecified atom stereocenters. The summed E-state index contributed by atoms with van der Waals surface area (Å²) in [7, 11) is 1.30. The van der Waals surface area contributed by atoms with Crippen molar-refractivity contribution in [2.75, 3.05) is 12.4 Å². The third kappa shape index (κ3) is 2.96. The Morgan fingerprint density at radius 1 is 1.56 bits per heavy atom. The van der Waals surface area contributed by atoms with Crippen molar-refractivity contribution < 1.29 is 9.53 Å². The normalized spacial score (nSPS) is 10.1. The zero-order chi connectivity index (χ0) is 13.0. The lowest BCUT2D eigenvalue weighted by molar-refractivity contribution is 0.0606. The van der Waals surface area contributed by atoms with E-state index >= 15 is 0 Å². The molecular formula is C11H10ClN3O2S. The van der Waals surface area contributed by atoms with Crippen LogP contribution in [0.5, 0.6) is 0 Å². The maximum atomic E-state index is 11.3. The largest absolute Gasteiger partial charge is 0.465 e. The first-order valence-corrected chi connectivity index (χ1v) is 6.28. The highest BCUT2D eigenvalue weighted by Gasteiger charge is 2.16. The van der Waals surface area contributed by atoms with Gasteiger partial charge in [0.1, 0.15) is 0 Å². The minimum atomic E-state index is -0.483. The monoisotopic (exact) mass is 283 g/mol. The third-order valence-electron chi connectivity index (χ3n) is 2.10. The number of carbonyl (C=O) groups excluding carboxylic acids is 1. The minimum Gasteiger partial charge on any atom is -0.465 e. The van der Waals surface area contributed by atoms with Crippen LogP contribution in [0.3, 0.4) is 0 Å². The molecule has 18 heavy (non-hydrogen) atoms. The number of carbonyl (C=O) groups is 1. The number of aromatic nitrogens is 2. The van der Waals surface area contributed by atoms with Gasteiger partial charge in [0.05, 0.1) is 19.3 Å². The van der Waals surface area contributed by atoms with Gasteiger partial charge < -0.3 is 10.1 Å². The predicted molar refractivity (Wildman–Crippen MR) is 70.0 cm³/mol. The molecule has 0 fully saturated rings. The predicted octanol–water partition coefficient (Wildman–Crippen LogP) is 2.59. The standard InChI is InChI=1S/C11H10ClN3O2S/c1-17-10(16)8-9(12)15-11(18-8)14-6-7-4-2-3-5-13-7/h2-5H,6H2,1H3,(H,14,15). The lowest BCUT2D eigenvalue weighted by atomic mass is 10.3. The number of hydrogen-bond acceptors (Lipinski definition) is 6. The summed E-state index contributed by atoms with van der Waals surface area (Å²) in [6.07, 6.45) is 1.71. The Morgan fingerprint density at radius 3 is 3.06 bits per heavy atom. The van der Waals surface area contributed by atoms with Crippen LogP contribution in [-0.4, -0.2) is 23.0 Å². The van der Waals surface area contributed by atoms with E-state index in [-0.39, 0.29) is 5.15 Å². The Labute approximate surface area is 113 Å². The molecule has 0 saturated heterocycles. The SMILES string of the molecule is COC(=O)c1sc(NCc2ccccn2)nc1Cl. The van der Waals surface area contributed by atoms with E-state index in [1.165, 1.54) is 7.11 Å². The van der Waals surface area contributed by atoms with Crippen LogP contribution in [0.15, 0.2) is 24.4 Å². The summed E-state index contributed by atoms with van der Waals surface area (Å²) >= 11 is 7.00. The molecule has 0 radical (unpaired) electrons. The van der Waals surface area contributed by atoms with Gasteiger partial charge in [0.2, 0.25) is 0 Å². The van der Waals surface area contributed by atoms with Gasteiger partial charge >= 0.3 is 5.97 Å². The number of halogens is 1. The van der Waals surface area contributed by atoms with Gasteiger partial charge in [0.15, 0.2) is 15.2 Å². The number of methoxy groups -OCH3 is 1. The van der Waals surface area contributed by atoms with E-state index in [2.05, 4.69) is 20.0 Å². The molecule has 1 N–H and O–H groups in total. The molecule has 2 aromatic rings. The van der Waals surface area contributed by atoms with E-state index in [4.69, 9.17) is 11.6 Å². The van der Waals surface area contributed by atoms with Crippen LogP contribution in [0.25, 0.3) is 0 Å². The molecule has 94 valence electrons. The number of thiazole rings is 1. The number of esters is 1. The highest BCUT2D eigenvalue weighted by molar-refractivity contribution is 7.18. The van der Waals surface area contributed by atoms with Gasteiger partial charge in [-0.2, -0.15) is 0 Å². The highest BCUT2D eigenvalue weighted by Crippen LogP contribution is 2.27. The van der Waals surface area contributed by atoms with E-state index < -0.39 is 5.97 Å². The van der Waals surface area contributed by atoms with Crippen LogP contribution < -0.4 is 5.32 Å². The molecule has 0 aliphatic heterocycles. The second-order valence-corrected chi connectivity index (χ2v) is 4.66. The van der Waals surface area contributed by atoms with Crippen LogP contribution in [0.1, 0.15) is 15.4 Å². The first kappa shape index (κ1) is 12.8. The van der Waals surface area contributed by atoms with Gasteiger partial charge in [-0.25, -0.2) is 9.78 Å². The molecule has 5 nitrogen and oxygen atoms in total. The Bertz CT molecular complexity index is 544. The van der Waals surface area contributed by atoms with Gasteiger partial charge in [0, 0.05) is 6.20 Å². The van der Waals surface area contributed by atoms with Crippen molar-refractivity contribution in [1.82, 2.24) is 9.97 Å². The fourth-order valence-corrected chi connectivity index (χ4v) is 2.36. The smallest absolute Gasteiger partial charge is 0.351 e. The average molecular weight is 284 g/mol. The molecular weight excluding hydrogens is 274 g/mol. The second-order valence-electron chi connectivity index (χ2n) is 3.31. The summed E-state index contributed by atoms with van der Waals surface area (Å²) in [5.41, 5.74) is 0.878. The molecule has 2 heterocycles. The number of anilines is 1. The Morgan fingerprint density at radius 2 is 2.39 bits per heavy atom. The molecule has 0 bridgehead atoms. The van der Waals surface area contributed by atoms with Gasteiger partial charge in [-0.05, 0) is 12.1 Å². The zero-order valence-electron chi connectivity index (χ0n) is 9.51. The Kier molecular flexibility index (Phi) is 4.11. The molecule has 2 aromatic heterocycles. The Hall–Kier alpha value is -1.66. The van der Waals surface area contributed by atoms with Crippen LogP contribution in [-0.2, 0) is 11.3 Å². The molecule has 2 rings (SSSR count). The van der Waals surface area contributed by atoms with Crippen LogP contribution in [0.2, 0.25) is 5.15 Å². The quantitative estimate of drug-likeness (QED) is 0.874. The van der Waals surface area contributed by atoms with E-state index in [0.717, 1.165) is 17.0 Å². The van der Waals surface area contributed by atoms with Crippen molar-refractivity contribution in [1.29, 1.82) is 0 Å². The minimum absolute atomic E-state index is 0.148. The van der Waals surface area contributed by atoms with Crippen molar-refractivity contribution in [3.8, 4) is 0 Å². The number of pyridine rings is 1. The molecule has 0 aliphatic rings. The fourth-order valence-electron chi connectivity index (χ4n) is 1.26. The summed E-state index contributed by atoms with van der Waals surface area (Å²) in [6, 6.07) is 5.64. The fraction of sp³-hybridized carbons (Fsp3) is 0.182. The lowest BCUT2D eigenvalue weighted by Crippen LogP contribution is -2.00. The summed E-state index contributed by atoms with van der Waals surface area (Å²) in [6.45, 7) is 0.519. The second kappa shape index (κ2) is 5.79. The molecule has 0 aromatic carbocycles. The van der Waals surface area contributed by atoms with Gasteiger partial charge in [0.25, 0.3) is 0 Å². The number of rotatable bonds is 4. The van der Waals surface area contributed by atoms with Gasteiger partial charge in [-0.1, -0.05) is 29.0 Å². The number of ether oxygens (including phenoxy) is 1. The van der Waals surface area contributed by atoms with Crippen LogP contribution in [0.4, 0.5) is 5.13 Å². The van der Waals surface area contributed by atoms with E-state index in [0.29, 0.717) is 16.6 Å². The number of nitrogens with one attached hydrogen (secondary N) is 1. The average Bonchev–Trinajstić information content (AvgIpc) is 2.78. The maximum Gasteiger partial charge on any atom is 0.351 e. The zero-order valence-corrected chi connectivity index (χ0v) is 11.1. The number of nitrogens with zero attached hydrogens (tertiary/aromatic N) is 2. The first-order chi connectivity index (χ1) is 8.70. The summed E-state index contributed by atoms with van der Waals surface area (Å²) in [5, 5.41) is 3.76. The van der Waals surface area contributed by atoms with Crippen molar-refractivity contribution in [2.24, 2.45) is 0 Å². The Balaban J connectivity index is 2.05. The molecule has 7 heteroatoms. The lowest BCUT2D eigenvalue weighted by Gasteiger charge is -2.00. The van der Waals surface area contributed by atoms with E-state index in [1.54, 1.807) is 6.20 Å². The van der Waals surface area contributed by atoms with E-state index in [1.807, 2.05) is 18.2 Å². The van der Waals surface area contributed by atoms with Crippen LogP contribution in [0, 0.1) is 0 Å². The van der Waals surface area contributed by atoms with Crippen molar-refractivity contribution in [3.63, 3.8) is 0 Å². The summed E-state index contributed by atoms with van der Waals surface area (Å²) in [4.78, 5) is 19.8. The highest BCUT2D eigenvalue weighted by atomic mass is 35.5. The van der Waals surface area contributed by atoms with Crippen molar-refractivity contribution >= 4 is 34.0 Å². The third-order valence-corrected chi connectivity index (χ3v) is 3.48. The van der Waals surface area contributed by atoms with Crippen molar-refractivity contribution in [3.05, 3.63) is 40.1 Å². The molecule has 0 aliphatic carbocycles. The van der Waals surface area contributed by atoms with Crippen molar-refractivity contribution in [2.45, 2.75) is 6.54 Å². The molecule has 0 saturated carbocycles. The number of hydrogen-bond donors (Lipinski definition) is 1. The van der Waals surface area contributed by atoms with Gasteiger partial charge in [-0.3, -0.25) is 4.98 Å². The summed E-state index contributed by atoms with van der Waals surface area (Å²) in [5.74, 6) is -0.483. The van der Waals surface area contributed by atoms with E-state index in [9.17, 15) is 4.79 Å². The summed E-state index contributed by atoms with van der Waals surface area (Å²) < 4.78 is 4.60. The first-order valence-electron chi connectivity index (χ1n) is 5.09. The maximum absolute atomic E-state index is 11.3. The topological polar surface area (TPSA) is 64.1 Å². The molecule has 0 atom stereocenters. The molecule has 0 amide bonds. The van der Waals surface area contributed by atoms with Gasteiger partial charge in [-0.15, -0.1) is 0 Å². The van der Waals surface area contributed by atoms with Crippen LogP contribution >= 0.6 is 22.9 Å². The molecule has 0 spiro atoms.